The molecular weight excluding hydrogens is 254 g/mol. The summed E-state index contributed by atoms with van der Waals surface area (Å²) in [5, 5.41) is 3.69. The average Bonchev–Trinajstić information content (AvgIpc) is 2.84. The van der Waals surface area contributed by atoms with E-state index < -0.39 is 0 Å². The molecule has 0 unspecified atom stereocenters. The molecule has 1 aliphatic heterocycles. The first-order chi connectivity index (χ1) is 8.75. The molecule has 94 valence electrons. The lowest BCUT2D eigenvalue weighted by atomic mass is 10.3. The van der Waals surface area contributed by atoms with Crippen molar-refractivity contribution >= 4 is 28.6 Å². The maximum atomic E-state index is 12.2. The summed E-state index contributed by atoms with van der Waals surface area (Å²) in [7, 11) is 0. The Kier molecular flexibility index (Phi) is 2.93. The number of carbonyl (C=O) groups excluding carboxylic acids is 1. The summed E-state index contributed by atoms with van der Waals surface area (Å²) < 4.78 is 5.46. The molecule has 0 aliphatic carbocycles. The number of halogens is 1. The van der Waals surface area contributed by atoms with Gasteiger partial charge in [-0.25, -0.2) is 4.98 Å². The van der Waals surface area contributed by atoms with Gasteiger partial charge in [-0.3, -0.25) is 4.79 Å². The number of piperazine rings is 1. The van der Waals surface area contributed by atoms with E-state index in [4.69, 9.17) is 16.0 Å². The SMILES string of the molecule is O=C(c1nc2c(Cl)cccc2o1)N1CCNCC1. The zero-order valence-electron chi connectivity index (χ0n) is 9.65. The number of amides is 1. The molecule has 1 aromatic carbocycles. The Labute approximate surface area is 109 Å². The summed E-state index contributed by atoms with van der Waals surface area (Å²) in [5.41, 5.74) is 1.08. The second-order valence-corrected chi connectivity index (χ2v) is 4.55. The van der Waals surface area contributed by atoms with Crippen molar-refractivity contribution in [3.8, 4) is 0 Å². The number of para-hydroxylation sites is 1. The molecule has 5 nitrogen and oxygen atoms in total. The molecule has 1 aliphatic rings. The Morgan fingerprint density at radius 3 is 2.89 bits per heavy atom. The number of hydrogen-bond acceptors (Lipinski definition) is 4. The van der Waals surface area contributed by atoms with Crippen LogP contribution >= 0.6 is 11.6 Å². The Hall–Kier alpha value is -1.59. The fourth-order valence-electron chi connectivity index (χ4n) is 2.01. The number of rotatable bonds is 1. The standard InChI is InChI=1S/C12H12ClN3O2/c13-8-2-1-3-9-10(8)15-11(18-9)12(17)16-6-4-14-5-7-16/h1-3,14H,4-7H2. The summed E-state index contributed by atoms with van der Waals surface area (Å²) >= 11 is 6.00. The van der Waals surface area contributed by atoms with E-state index in [1.165, 1.54) is 0 Å². The zero-order chi connectivity index (χ0) is 12.5. The van der Waals surface area contributed by atoms with Gasteiger partial charge in [-0.05, 0) is 12.1 Å². The zero-order valence-corrected chi connectivity index (χ0v) is 10.4. The summed E-state index contributed by atoms with van der Waals surface area (Å²) in [5.74, 6) is -0.0660. The molecule has 6 heteroatoms. The number of aromatic nitrogens is 1. The normalized spacial score (nSPS) is 16.2. The van der Waals surface area contributed by atoms with Crippen LogP contribution in [0.1, 0.15) is 10.7 Å². The molecule has 0 saturated carbocycles. The lowest BCUT2D eigenvalue weighted by Crippen LogP contribution is -2.46. The van der Waals surface area contributed by atoms with E-state index in [2.05, 4.69) is 10.3 Å². The summed E-state index contributed by atoms with van der Waals surface area (Å²) in [6.07, 6.45) is 0. The van der Waals surface area contributed by atoms with Crippen molar-refractivity contribution in [2.24, 2.45) is 0 Å². The van der Waals surface area contributed by atoms with Crippen LogP contribution in [0.25, 0.3) is 11.1 Å². The van der Waals surface area contributed by atoms with Crippen molar-refractivity contribution in [1.29, 1.82) is 0 Å². The predicted molar refractivity (Wildman–Crippen MR) is 67.8 cm³/mol. The van der Waals surface area contributed by atoms with Gasteiger partial charge in [0.1, 0.15) is 5.52 Å². The van der Waals surface area contributed by atoms with Gasteiger partial charge in [-0.2, -0.15) is 0 Å². The summed E-state index contributed by atoms with van der Waals surface area (Å²) in [6.45, 7) is 2.94. The third-order valence-electron chi connectivity index (χ3n) is 2.96. The largest absolute Gasteiger partial charge is 0.432 e. The maximum absolute atomic E-state index is 12.2. The molecule has 0 bridgehead atoms. The lowest BCUT2D eigenvalue weighted by molar-refractivity contribution is 0.0698. The molecule has 18 heavy (non-hydrogen) atoms. The van der Waals surface area contributed by atoms with Crippen LogP contribution < -0.4 is 5.32 Å². The minimum atomic E-state index is -0.177. The van der Waals surface area contributed by atoms with Crippen molar-refractivity contribution in [3.05, 3.63) is 29.1 Å². The summed E-state index contributed by atoms with van der Waals surface area (Å²) in [4.78, 5) is 18.1. The van der Waals surface area contributed by atoms with Crippen LogP contribution in [0.15, 0.2) is 22.6 Å². The van der Waals surface area contributed by atoms with E-state index in [9.17, 15) is 4.79 Å². The van der Waals surface area contributed by atoms with Gasteiger partial charge in [-0.1, -0.05) is 17.7 Å². The minimum absolute atomic E-state index is 0.111. The second kappa shape index (κ2) is 4.59. The second-order valence-electron chi connectivity index (χ2n) is 4.15. The molecule has 1 aromatic heterocycles. The van der Waals surface area contributed by atoms with Crippen LogP contribution in [0, 0.1) is 0 Å². The molecule has 0 atom stereocenters. The van der Waals surface area contributed by atoms with Gasteiger partial charge in [0.2, 0.25) is 0 Å². The molecule has 1 fully saturated rings. The van der Waals surface area contributed by atoms with E-state index in [1.807, 2.05) is 0 Å². The monoisotopic (exact) mass is 265 g/mol. The van der Waals surface area contributed by atoms with Crippen LogP contribution in [0.4, 0.5) is 0 Å². The fourth-order valence-corrected chi connectivity index (χ4v) is 2.22. The van der Waals surface area contributed by atoms with E-state index >= 15 is 0 Å². The molecule has 3 rings (SSSR count). The van der Waals surface area contributed by atoms with Crippen molar-refractivity contribution in [2.45, 2.75) is 0 Å². The number of hydrogen-bond donors (Lipinski definition) is 1. The Morgan fingerprint density at radius 1 is 1.39 bits per heavy atom. The van der Waals surface area contributed by atoms with E-state index in [1.54, 1.807) is 23.1 Å². The minimum Gasteiger partial charge on any atom is -0.432 e. The predicted octanol–water partition coefficient (Wildman–Crippen LogP) is 1.53. The topological polar surface area (TPSA) is 58.4 Å². The van der Waals surface area contributed by atoms with E-state index in [-0.39, 0.29) is 11.8 Å². The van der Waals surface area contributed by atoms with Gasteiger partial charge in [0.15, 0.2) is 5.58 Å². The number of nitrogens with zero attached hydrogens (tertiary/aromatic N) is 2. The van der Waals surface area contributed by atoms with E-state index in [0.29, 0.717) is 29.2 Å². The van der Waals surface area contributed by atoms with Crippen LogP contribution in [0.2, 0.25) is 5.02 Å². The van der Waals surface area contributed by atoms with Gasteiger partial charge in [0.25, 0.3) is 5.89 Å². The Bertz CT molecular complexity index is 590. The highest BCUT2D eigenvalue weighted by Crippen LogP contribution is 2.23. The van der Waals surface area contributed by atoms with Crippen molar-refractivity contribution in [2.75, 3.05) is 26.2 Å². The third kappa shape index (κ3) is 1.95. The molecular formula is C12H12ClN3O2. The molecule has 1 amide bonds. The molecule has 1 saturated heterocycles. The maximum Gasteiger partial charge on any atom is 0.309 e. The Morgan fingerprint density at radius 2 is 2.17 bits per heavy atom. The quantitative estimate of drug-likeness (QED) is 0.850. The van der Waals surface area contributed by atoms with Gasteiger partial charge in [-0.15, -0.1) is 0 Å². The van der Waals surface area contributed by atoms with Crippen LogP contribution in [-0.2, 0) is 0 Å². The molecule has 1 N–H and O–H groups in total. The van der Waals surface area contributed by atoms with Crippen molar-refractivity contribution in [1.82, 2.24) is 15.2 Å². The van der Waals surface area contributed by atoms with Gasteiger partial charge in [0.05, 0.1) is 5.02 Å². The highest BCUT2D eigenvalue weighted by atomic mass is 35.5. The van der Waals surface area contributed by atoms with Crippen molar-refractivity contribution in [3.63, 3.8) is 0 Å². The number of fused-ring (bicyclic) bond motifs is 1. The van der Waals surface area contributed by atoms with Gasteiger partial charge >= 0.3 is 5.91 Å². The summed E-state index contributed by atoms with van der Waals surface area (Å²) in [6, 6.07) is 5.25. The fraction of sp³-hybridized carbons (Fsp3) is 0.333. The number of nitrogens with one attached hydrogen (secondary N) is 1. The molecule has 2 heterocycles. The first kappa shape index (κ1) is 11.5. The molecule has 0 spiro atoms. The smallest absolute Gasteiger partial charge is 0.309 e. The van der Waals surface area contributed by atoms with Crippen LogP contribution in [0.3, 0.4) is 0 Å². The first-order valence-electron chi connectivity index (χ1n) is 5.81. The Balaban J connectivity index is 1.94. The van der Waals surface area contributed by atoms with Crippen LogP contribution in [0.5, 0.6) is 0 Å². The number of oxazole rings is 1. The third-order valence-corrected chi connectivity index (χ3v) is 3.26. The highest BCUT2D eigenvalue weighted by Gasteiger charge is 2.23. The highest BCUT2D eigenvalue weighted by molar-refractivity contribution is 6.34. The number of carbonyl (C=O) groups is 1. The lowest BCUT2D eigenvalue weighted by Gasteiger charge is -2.25. The van der Waals surface area contributed by atoms with Gasteiger partial charge < -0.3 is 14.6 Å². The van der Waals surface area contributed by atoms with Crippen molar-refractivity contribution < 1.29 is 9.21 Å². The molecule has 2 aromatic rings. The average molecular weight is 266 g/mol. The van der Waals surface area contributed by atoms with Gasteiger partial charge in [0, 0.05) is 26.2 Å². The van der Waals surface area contributed by atoms with E-state index in [0.717, 1.165) is 13.1 Å². The number of benzene rings is 1. The molecule has 0 radical (unpaired) electrons. The van der Waals surface area contributed by atoms with Crippen LogP contribution in [-0.4, -0.2) is 42.0 Å². The first-order valence-corrected chi connectivity index (χ1v) is 6.18.